The van der Waals surface area contributed by atoms with E-state index in [1.165, 1.54) is 41.3 Å². The average Bonchev–Trinajstić information content (AvgIpc) is 3.06. The molecule has 1 unspecified atom stereocenters. The van der Waals surface area contributed by atoms with Crippen molar-refractivity contribution in [1.82, 2.24) is 15.2 Å². The van der Waals surface area contributed by atoms with E-state index in [9.17, 15) is 5.11 Å². The first-order valence-corrected chi connectivity index (χ1v) is 9.16. The molecule has 1 aromatic rings. The average molecular weight is 309 g/mol. The number of likely N-dealkylation sites (tertiary alicyclic amines) is 1. The lowest BCUT2D eigenvalue weighted by Crippen LogP contribution is -2.37. The molecule has 1 aliphatic heterocycles. The summed E-state index contributed by atoms with van der Waals surface area (Å²) in [6, 6.07) is 0.378. The third-order valence-electron chi connectivity index (χ3n) is 4.64. The van der Waals surface area contributed by atoms with Crippen molar-refractivity contribution in [1.29, 1.82) is 0 Å². The zero-order valence-electron chi connectivity index (χ0n) is 13.0. The van der Waals surface area contributed by atoms with Crippen LogP contribution >= 0.6 is 11.3 Å². The van der Waals surface area contributed by atoms with Gasteiger partial charge in [-0.25, -0.2) is 4.98 Å². The van der Waals surface area contributed by atoms with Crippen LogP contribution in [0.25, 0.3) is 0 Å². The molecule has 4 nitrogen and oxygen atoms in total. The van der Waals surface area contributed by atoms with Crippen molar-refractivity contribution in [2.24, 2.45) is 0 Å². The van der Waals surface area contributed by atoms with Gasteiger partial charge in [-0.15, -0.1) is 11.3 Å². The van der Waals surface area contributed by atoms with Crippen LogP contribution in [-0.2, 0) is 12.8 Å². The molecule has 2 N–H and O–H groups in total. The molecule has 1 aliphatic carbocycles. The molecule has 3 rings (SSSR count). The Morgan fingerprint density at radius 3 is 2.95 bits per heavy atom. The van der Waals surface area contributed by atoms with Crippen molar-refractivity contribution >= 4 is 11.3 Å². The third-order valence-corrected chi connectivity index (χ3v) is 5.98. The minimum Gasteiger partial charge on any atom is -0.393 e. The Bertz CT molecular complexity index is 433. The number of fused-ring (bicyclic) bond motifs is 1. The Morgan fingerprint density at radius 2 is 2.19 bits per heavy atom. The molecule has 118 valence electrons. The van der Waals surface area contributed by atoms with E-state index in [0.29, 0.717) is 6.04 Å². The lowest BCUT2D eigenvalue weighted by Gasteiger charge is -2.29. The smallest absolute Gasteiger partial charge is 0.110 e. The van der Waals surface area contributed by atoms with Crippen molar-refractivity contribution in [3.05, 3.63) is 15.6 Å². The summed E-state index contributed by atoms with van der Waals surface area (Å²) >= 11 is 1.90. The van der Waals surface area contributed by atoms with Crippen LogP contribution in [0.2, 0.25) is 0 Å². The number of rotatable bonds is 6. The number of aliphatic hydroxyl groups excluding tert-OH is 1. The fraction of sp³-hybridized carbons (Fsp3) is 0.812. The first kappa shape index (κ1) is 15.4. The maximum absolute atomic E-state index is 9.50. The van der Waals surface area contributed by atoms with Gasteiger partial charge in [0.1, 0.15) is 5.01 Å². The van der Waals surface area contributed by atoms with Crippen molar-refractivity contribution < 1.29 is 5.11 Å². The zero-order valence-corrected chi connectivity index (χ0v) is 13.8. The molecule has 1 aromatic heterocycles. The number of hydrogen-bond donors (Lipinski definition) is 2. The molecule has 0 aromatic carbocycles. The van der Waals surface area contributed by atoms with E-state index >= 15 is 0 Å². The molecule has 2 heterocycles. The van der Waals surface area contributed by atoms with E-state index in [0.717, 1.165) is 39.0 Å². The second-order valence-electron chi connectivity index (χ2n) is 6.38. The van der Waals surface area contributed by atoms with Crippen molar-refractivity contribution in [2.75, 3.05) is 26.2 Å². The summed E-state index contributed by atoms with van der Waals surface area (Å²) < 4.78 is 0. The predicted molar refractivity (Wildman–Crippen MR) is 86.9 cm³/mol. The molecule has 0 radical (unpaired) electrons. The normalized spacial score (nSPS) is 21.6. The molecular weight excluding hydrogens is 282 g/mol. The van der Waals surface area contributed by atoms with Gasteiger partial charge in [-0.2, -0.15) is 0 Å². The van der Waals surface area contributed by atoms with Gasteiger partial charge in [0.05, 0.1) is 17.8 Å². The summed E-state index contributed by atoms with van der Waals surface area (Å²) in [5.41, 5.74) is 1.36. The fourth-order valence-corrected chi connectivity index (χ4v) is 4.43. The quantitative estimate of drug-likeness (QED) is 0.790. The van der Waals surface area contributed by atoms with Crippen LogP contribution in [0.4, 0.5) is 0 Å². The van der Waals surface area contributed by atoms with Gasteiger partial charge in [-0.3, -0.25) is 0 Å². The minimum absolute atomic E-state index is 0.0637. The molecule has 2 aliphatic rings. The molecule has 0 amide bonds. The SMILES string of the molecule is CC(NCCCN1CCC(O)CC1)c1nc2c(s1)CCC2. The number of aryl methyl sites for hydroxylation is 2. The lowest BCUT2D eigenvalue weighted by molar-refractivity contribution is 0.0820. The van der Waals surface area contributed by atoms with E-state index in [1.807, 2.05) is 11.3 Å². The number of nitrogens with one attached hydrogen (secondary N) is 1. The Morgan fingerprint density at radius 1 is 1.38 bits per heavy atom. The van der Waals surface area contributed by atoms with Crippen LogP contribution in [-0.4, -0.2) is 47.3 Å². The van der Waals surface area contributed by atoms with Crippen molar-refractivity contribution in [3.8, 4) is 0 Å². The van der Waals surface area contributed by atoms with Gasteiger partial charge >= 0.3 is 0 Å². The first-order chi connectivity index (χ1) is 10.2. The standard InChI is InChI=1S/C16H27N3OS/c1-12(16-18-14-4-2-5-15(14)21-16)17-8-3-9-19-10-6-13(20)7-11-19/h12-13,17,20H,2-11H2,1H3. The second kappa shape index (κ2) is 7.18. The molecule has 0 saturated carbocycles. The summed E-state index contributed by atoms with van der Waals surface area (Å²) in [5, 5.41) is 14.4. The second-order valence-corrected chi connectivity index (χ2v) is 7.49. The van der Waals surface area contributed by atoms with E-state index in [-0.39, 0.29) is 6.10 Å². The van der Waals surface area contributed by atoms with Gasteiger partial charge in [0.25, 0.3) is 0 Å². The van der Waals surface area contributed by atoms with E-state index in [2.05, 4.69) is 17.1 Å². The van der Waals surface area contributed by atoms with Gasteiger partial charge < -0.3 is 15.3 Å². The Balaban J connectivity index is 1.35. The molecule has 1 saturated heterocycles. The number of aromatic nitrogens is 1. The summed E-state index contributed by atoms with van der Waals surface area (Å²) in [7, 11) is 0. The highest BCUT2D eigenvalue weighted by Crippen LogP contribution is 2.30. The lowest BCUT2D eigenvalue weighted by atomic mass is 10.1. The topological polar surface area (TPSA) is 48.4 Å². The molecule has 0 bridgehead atoms. The molecule has 0 spiro atoms. The third kappa shape index (κ3) is 4.03. The van der Waals surface area contributed by atoms with Gasteiger partial charge in [-0.1, -0.05) is 0 Å². The molecule has 1 atom stereocenters. The Labute approximate surface area is 131 Å². The van der Waals surface area contributed by atoms with Crippen LogP contribution in [0.3, 0.4) is 0 Å². The summed E-state index contributed by atoms with van der Waals surface area (Å²) in [6.07, 6.45) is 6.70. The summed E-state index contributed by atoms with van der Waals surface area (Å²) in [5.74, 6) is 0. The number of aliphatic hydroxyl groups is 1. The molecule has 1 fully saturated rings. The van der Waals surface area contributed by atoms with Crippen molar-refractivity contribution in [2.45, 2.75) is 57.6 Å². The van der Waals surface area contributed by atoms with Gasteiger partial charge in [0, 0.05) is 18.0 Å². The zero-order chi connectivity index (χ0) is 14.7. The highest BCUT2D eigenvalue weighted by atomic mass is 32.1. The van der Waals surface area contributed by atoms with Gasteiger partial charge in [0.15, 0.2) is 0 Å². The molecule has 21 heavy (non-hydrogen) atoms. The number of nitrogens with zero attached hydrogens (tertiary/aromatic N) is 2. The predicted octanol–water partition coefficient (Wildman–Crippen LogP) is 2.13. The monoisotopic (exact) mass is 309 g/mol. The number of hydrogen-bond acceptors (Lipinski definition) is 5. The van der Waals surface area contributed by atoms with E-state index < -0.39 is 0 Å². The highest BCUT2D eigenvalue weighted by molar-refractivity contribution is 7.11. The van der Waals surface area contributed by atoms with E-state index in [1.54, 1.807) is 0 Å². The molecular formula is C16H27N3OS. The van der Waals surface area contributed by atoms with E-state index in [4.69, 9.17) is 4.98 Å². The maximum Gasteiger partial charge on any atom is 0.110 e. The summed E-state index contributed by atoms with van der Waals surface area (Å²) in [4.78, 5) is 8.77. The van der Waals surface area contributed by atoms with Crippen molar-refractivity contribution in [3.63, 3.8) is 0 Å². The maximum atomic E-state index is 9.50. The van der Waals surface area contributed by atoms with Crippen LogP contribution in [0.5, 0.6) is 0 Å². The van der Waals surface area contributed by atoms with Gasteiger partial charge in [-0.05, 0) is 58.5 Å². The van der Waals surface area contributed by atoms with Crippen LogP contribution in [0, 0.1) is 0 Å². The highest BCUT2D eigenvalue weighted by Gasteiger charge is 2.19. The fourth-order valence-electron chi connectivity index (χ4n) is 3.25. The van der Waals surface area contributed by atoms with Gasteiger partial charge in [0.2, 0.25) is 0 Å². The summed E-state index contributed by atoms with van der Waals surface area (Å²) in [6.45, 7) is 6.52. The number of thiazole rings is 1. The molecule has 5 heteroatoms. The first-order valence-electron chi connectivity index (χ1n) is 8.34. The number of piperidine rings is 1. The Hall–Kier alpha value is -0.490. The minimum atomic E-state index is -0.0637. The Kier molecular flexibility index (Phi) is 5.27. The van der Waals surface area contributed by atoms with Crippen LogP contribution in [0.15, 0.2) is 0 Å². The van der Waals surface area contributed by atoms with Crippen LogP contribution in [0.1, 0.15) is 54.2 Å². The van der Waals surface area contributed by atoms with Crippen LogP contribution < -0.4 is 5.32 Å². The largest absolute Gasteiger partial charge is 0.393 e.